The molecule has 31 heavy (non-hydrogen) atoms. The first-order valence-electron chi connectivity index (χ1n) is 10.5. The highest BCUT2D eigenvalue weighted by atomic mass is 19.1. The second-order valence-electron chi connectivity index (χ2n) is 7.19. The number of hydrogen-bond donors (Lipinski definition) is 2. The highest BCUT2D eigenvalue weighted by Crippen LogP contribution is 2.18. The molecule has 1 aromatic carbocycles. The summed E-state index contributed by atoms with van der Waals surface area (Å²) in [6.07, 6.45) is 1.98. The van der Waals surface area contributed by atoms with Gasteiger partial charge in [0.05, 0.1) is 25.8 Å². The molecule has 0 bridgehead atoms. The largest absolute Gasteiger partial charge is 0.489 e. The molecule has 1 atom stereocenters. The first-order chi connectivity index (χ1) is 15.0. The van der Waals surface area contributed by atoms with Crippen molar-refractivity contribution in [1.82, 2.24) is 15.6 Å². The van der Waals surface area contributed by atoms with E-state index in [1.165, 1.54) is 6.07 Å². The Labute approximate surface area is 181 Å². The summed E-state index contributed by atoms with van der Waals surface area (Å²) in [5.41, 5.74) is 1.05. The highest BCUT2D eigenvalue weighted by Gasteiger charge is 2.18. The Balaban J connectivity index is 1.52. The third-order valence-corrected chi connectivity index (χ3v) is 4.68. The van der Waals surface area contributed by atoms with Crippen LogP contribution in [0.15, 0.2) is 41.5 Å². The van der Waals surface area contributed by atoms with Crippen LogP contribution in [0.3, 0.4) is 0 Å². The summed E-state index contributed by atoms with van der Waals surface area (Å²) in [5.74, 6) is 0.224. The maximum atomic E-state index is 13.6. The predicted octanol–water partition coefficient (Wildman–Crippen LogP) is 2.72. The fraction of sp³-hybridized carbons (Fsp3) is 0.455. The molecule has 0 aliphatic carbocycles. The van der Waals surface area contributed by atoms with Gasteiger partial charge >= 0.3 is 0 Å². The Morgan fingerprint density at radius 3 is 2.94 bits per heavy atom. The minimum atomic E-state index is -0.719. The van der Waals surface area contributed by atoms with Gasteiger partial charge in [-0.15, -0.1) is 0 Å². The molecule has 3 rings (SSSR count). The number of aliphatic imine (C=N–C) groups is 1. The molecule has 1 unspecified atom stereocenters. The van der Waals surface area contributed by atoms with Crippen LogP contribution in [0.1, 0.15) is 19.4 Å². The van der Waals surface area contributed by atoms with E-state index in [1.807, 2.05) is 19.1 Å². The van der Waals surface area contributed by atoms with Crippen molar-refractivity contribution in [2.45, 2.75) is 26.5 Å². The zero-order valence-electron chi connectivity index (χ0n) is 17.9. The second kappa shape index (κ2) is 11.5. The van der Waals surface area contributed by atoms with E-state index in [4.69, 9.17) is 9.47 Å². The molecule has 7 nitrogen and oxygen atoms in total. The lowest BCUT2D eigenvalue weighted by molar-refractivity contribution is 0.0529. The number of aromatic nitrogens is 1. The Hall–Kier alpha value is -2.94. The number of anilines is 1. The maximum Gasteiger partial charge on any atom is 0.191 e. The molecular weight excluding hydrogens is 404 g/mol. The first-order valence-corrected chi connectivity index (χ1v) is 10.5. The van der Waals surface area contributed by atoms with Crippen LogP contribution in [0.5, 0.6) is 5.75 Å². The lowest BCUT2D eigenvalue weighted by Crippen LogP contribution is -2.41. The summed E-state index contributed by atoms with van der Waals surface area (Å²) < 4.78 is 37.5. The number of benzene rings is 1. The van der Waals surface area contributed by atoms with Gasteiger partial charge in [0.25, 0.3) is 0 Å². The summed E-state index contributed by atoms with van der Waals surface area (Å²) >= 11 is 0. The minimum absolute atomic E-state index is 0.0203. The lowest BCUT2D eigenvalue weighted by Gasteiger charge is -2.32. The van der Waals surface area contributed by atoms with E-state index >= 15 is 0 Å². The van der Waals surface area contributed by atoms with Crippen LogP contribution in [0.4, 0.5) is 14.6 Å². The van der Waals surface area contributed by atoms with Crippen LogP contribution in [0.2, 0.25) is 0 Å². The minimum Gasteiger partial charge on any atom is -0.489 e. The van der Waals surface area contributed by atoms with Gasteiger partial charge in [0.15, 0.2) is 17.5 Å². The van der Waals surface area contributed by atoms with Gasteiger partial charge in [0, 0.05) is 31.9 Å². The van der Waals surface area contributed by atoms with Gasteiger partial charge in [-0.3, -0.25) is 0 Å². The smallest absolute Gasteiger partial charge is 0.191 e. The van der Waals surface area contributed by atoms with E-state index in [0.717, 1.165) is 36.6 Å². The third kappa shape index (κ3) is 7.06. The van der Waals surface area contributed by atoms with E-state index in [2.05, 4.69) is 32.4 Å². The van der Waals surface area contributed by atoms with Gasteiger partial charge in [-0.2, -0.15) is 0 Å². The molecule has 1 aliphatic heterocycles. The van der Waals surface area contributed by atoms with Crippen LogP contribution in [0, 0.1) is 11.6 Å². The van der Waals surface area contributed by atoms with Gasteiger partial charge in [-0.1, -0.05) is 0 Å². The Morgan fingerprint density at radius 2 is 2.16 bits per heavy atom. The van der Waals surface area contributed by atoms with E-state index in [-0.39, 0.29) is 18.5 Å². The zero-order chi connectivity index (χ0) is 22.1. The number of halogens is 2. The predicted molar refractivity (Wildman–Crippen MR) is 117 cm³/mol. The number of nitrogens with zero attached hydrogens (tertiary/aromatic N) is 3. The van der Waals surface area contributed by atoms with Crippen molar-refractivity contribution in [2.24, 2.45) is 4.99 Å². The van der Waals surface area contributed by atoms with Crippen molar-refractivity contribution in [1.29, 1.82) is 0 Å². The fourth-order valence-corrected chi connectivity index (χ4v) is 3.19. The lowest BCUT2D eigenvalue weighted by atomic mass is 10.2. The number of hydrogen-bond acceptors (Lipinski definition) is 5. The Morgan fingerprint density at radius 1 is 1.29 bits per heavy atom. The Kier molecular flexibility index (Phi) is 8.40. The molecule has 1 aliphatic rings. The quantitative estimate of drug-likeness (QED) is 0.379. The summed E-state index contributed by atoms with van der Waals surface area (Å²) in [6, 6.07) is 7.24. The van der Waals surface area contributed by atoms with Crippen molar-refractivity contribution in [3.05, 3.63) is 53.7 Å². The van der Waals surface area contributed by atoms with E-state index in [1.54, 1.807) is 6.20 Å². The summed E-state index contributed by atoms with van der Waals surface area (Å²) in [7, 11) is 0. The number of guanidine groups is 1. The van der Waals surface area contributed by atoms with Crippen LogP contribution in [-0.4, -0.2) is 56.4 Å². The van der Waals surface area contributed by atoms with Gasteiger partial charge in [-0.05, 0) is 43.7 Å². The van der Waals surface area contributed by atoms with Crippen molar-refractivity contribution >= 4 is 11.8 Å². The molecule has 1 aromatic heterocycles. The molecule has 1 saturated heterocycles. The normalized spacial score (nSPS) is 16.8. The number of ether oxygens (including phenoxy) is 2. The first kappa shape index (κ1) is 22.7. The van der Waals surface area contributed by atoms with Crippen LogP contribution in [-0.2, 0) is 11.3 Å². The average molecular weight is 434 g/mol. The summed E-state index contributed by atoms with van der Waals surface area (Å²) in [4.78, 5) is 11.3. The molecule has 0 amide bonds. The maximum absolute atomic E-state index is 13.6. The fourth-order valence-electron chi connectivity index (χ4n) is 3.19. The SMILES string of the molecule is CCNC(=NCc1ccnc(N2CCOC(C)C2)c1)NCCOc1ccc(F)cc1F. The van der Waals surface area contributed by atoms with Crippen molar-refractivity contribution < 1.29 is 18.3 Å². The second-order valence-corrected chi connectivity index (χ2v) is 7.19. The topological polar surface area (TPSA) is 71.0 Å². The van der Waals surface area contributed by atoms with Crippen LogP contribution >= 0.6 is 0 Å². The molecule has 2 N–H and O–H groups in total. The van der Waals surface area contributed by atoms with Gasteiger partial charge in [0.1, 0.15) is 18.2 Å². The van der Waals surface area contributed by atoms with E-state index in [9.17, 15) is 8.78 Å². The number of morpholine rings is 1. The molecule has 0 saturated carbocycles. The molecule has 168 valence electrons. The van der Waals surface area contributed by atoms with Crippen LogP contribution < -0.4 is 20.3 Å². The van der Waals surface area contributed by atoms with E-state index in [0.29, 0.717) is 32.2 Å². The molecule has 2 heterocycles. The number of pyridine rings is 1. The van der Waals surface area contributed by atoms with E-state index < -0.39 is 11.6 Å². The molecule has 1 fully saturated rings. The molecule has 0 radical (unpaired) electrons. The standard InChI is InChI=1S/C22H29F2N5O2/c1-3-25-22(27-8-10-31-20-5-4-18(23)13-19(20)24)28-14-17-6-7-26-21(12-17)29-9-11-30-16(2)15-29/h4-7,12-13,16H,3,8-11,14-15H2,1-2H3,(H2,25,27,28). The zero-order valence-corrected chi connectivity index (χ0v) is 17.9. The molecule has 2 aromatic rings. The van der Waals surface area contributed by atoms with Gasteiger partial charge in [-0.25, -0.2) is 18.8 Å². The number of nitrogens with one attached hydrogen (secondary N) is 2. The van der Waals surface area contributed by atoms with Crippen molar-refractivity contribution in [3.63, 3.8) is 0 Å². The highest BCUT2D eigenvalue weighted by molar-refractivity contribution is 5.79. The van der Waals surface area contributed by atoms with Gasteiger partial charge < -0.3 is 25.0 Å². The molecular formula is C22H29F2N5O2. The van der Waals surface area contributed by atoms with Crippen molar-refractivity contribution in [2.75, 3.05) is 44.3 Å². The molecule has 9 heteroatoms. The third-order valence-electron chi connectivity index (χ3n) is 4.68. The molecule has 0 spiro atoms. The van der Waals surface area contributed by atoms with Crippen LogP contribution in [0.25, 0.3) is 0 Å². The summed E-state index contributed by atoms with van der Waals surface area (Å²) in [5, 5.41) is 6.32. The monoisotopic (exact) mass is 433 g/mol. The van der Waals surface area contributed by atoms with Crippen molar-refractivity contribution in [3.8, 4) is 5.75 Å². The number of rotatable bonds is 8. The average Bonchev–Trinajstić information content (AvgIpc) is 2.76. The van der Waals surface area contributed by atoms with Gasteiger partial charge in [0.2, 0.25) is 0 Å². The Bertz CT molecular complexity index is 881. The summed E-state index contributed by atoms with van der Waals surface area (Å²) in [6.45, 7) is 8.18.